The van der Waals surface area contributed by atoms with Crippen molar-refractivity contribution >= 4 is 11.8 Å². The molecule has 0 radical (unpaired) electrons. The maximum Gasteiger partial charge on any atom is 0.251 e. The molecule has 2 saturated heterocycles. The first kappa shape index (κ1) is 18.5. The van der Waals surface area contributed by atoms with Gasteiger partial charge in [0.25, 0.3) is 5.91 Å². The number of nitrogens with one attached hydrogen (secondary N) is 1. The van der Waals surface area contributed by atoms with E-state index in [0.29, 0.717) is 29.9 Å². The lowest BCUT2D eigenvalue weighted by Gasteiger charge is -2.32. The second-order valence-electron chi connectivity index (χ2n) is 8.29. The molecule has 1 aromatic rings. The number of carbonyl (C=O) groups is 2. The molecule has 146 valence electrons. The van der Waals surface area contributed by atoms with E-state index in [1.165, 1.54) is 5.56 Å². The average molecular weight is 370 g/mol. The minimum absolute atomic E-state index is 0.0241. The molecule has 1 aliphatic carbocycles. The van der Waals surface area contributed by atoms with Gasteiger partial charge in [0.2, 0.25) is 5.91 Å². The van der Waals surface area contributed by atoms with Gasteiger partial charge in [-0.3, -0.25) is 9.59 Å². The van der Waals surface area contributed by atoms with Crippen LogP contribution in [0.2, 0.25) is 0 Å². The van der Waals surface area contributed by atoms with E-state index in [9.17, 15) is 9.59 Å². The standard InChI is InChI=1S/C22H30N2O3/c25-21(23-15-20-2-1-13-27-20)18-5-3-16(4-6-18)14-17-9-11-24(12-10-17)22(26)19-7-8-19/h3-6,17,19-20H,1-2,7-15H2,(H,23,25). The van der Waals surface area contributed by atoms with E-state index in [0.717, 1.165) is 64.6 Å². The number of piperidine rings is 1. The van der Waals surface area contributed by atoms with Crippen LogP contribution in [0.5, 0.6) is 0 Å². The Morgan fingerprint density at radius 1 is 1.04 bits per heavy atom. The third-order valence-corrected chi connectivity index (χ3v) is 6.11. The van der Waals surface area contributed by atoms with Gasteiger partial charge in [0, 0.05) is 37.7 Å². The van der Waals surface area contributed by atoms with Gasteiger partial charge in [-0.05, 0) is 68.6 Å². The predicted octanol–water partition coefficient (Wildman–Crippen LogP) is 2.79. The second-order valence-corrected chi connectivity index (χ2v) is 8.29. The summed E-state index contributed by atoms with van der Waals surface area (Å²) in [5.74, 6) is 1.32. The lowest BCUT2D eigenvalue weighted by Crippen LogP contribution is -2.39. The molecule has 3 fully saturated rings. The number of hydrogen-bond donors (Lipinski definition) is 1. The summed E-state index contributed by atoms with van der Waals surface area (Å²) in [5, 5.41) is 2.97. The molecule has 0 aromatic heterocycles. The fraction of sp³-hybridized carbons (Fsp3) is 0.636. The maximum absolute atomic E-state index is 12.3. The van der Waals surface area contributed by atoms with Crippen molar-refractivity contribution in [1.29, 1.82) is 0 Å². The summed E-state index contributed by atoms with van der Waals surface area (Å²) in [6.45, 7) is 3.22. The highest BCUT2D eigenvalue weighted by Crippen LogP contribution is 2.32. The van der Waals surface area contributed by atoms with Gasteiger partial charge in [0.05, 0.1) is 6.10 Å². The summed E-state index contributed by atoms with van der Waals surface area (Å²) in [6.07, 6.45) is 7.67. The number of carbonyl (C=O) groups excluding carboxylic acids is 2. The number of rotatable bonds is 6. The summed E-state index contributed by atoms with van der Waals surface area (Å²) in [5.41, 5.74) is 1.99. The van der Waals surface area contributed by atoms with Gasteiger partial charge < -0.3 is 15.0 Å². The molecule has 0 bridgehead atoms. The molecule has 0 spiro atoms. The SMILES string of the molecule is O=C(NCC1CCCO1)c1ccc(CC2CCN(C(=O)C3CC3)CC2)cc1. The molecule has 1 atom stereocenters. The fourth-order valence-electron chi connectivity index (χ4n) is 4.19. The van der Waals surface area contributed by atoms with Gasteiger partial charge in [0.15, 0.2) is 0 Å². The minimum Gasteiger partial charge on any atom is -0.376 e. The van der Waals surface area contributed by atoms with Crippen LogP contribution in [0.3, 0.4) is 0 Å². The Morgan fingerprint density at radius 3 is 2.41 bits per heavy atom. The van der Waals surface area contributed by atoms with Crippen LogP contribution in [-0.4, -0.2) is 49.1 Å². The number of ether oxygens (including phenoxy) is 1. The molecule has 2 amide bonds. The van der Waals surface area contributed by atoms with E-state index in [1.54, 1.807) is 0 Å². The number of benzene rings is 1. The maximum atomic E-state index is 12.3. The van der Waals surface area contributed by atoms with Crippen molar-refractivity contribution in [2.24, 2.45) is 11.8 Å². The molecule has 5 nitrogen and oxygen atoms in total. The van der Waals surface area contributed by atoms with Crippen molar-refractivity contribution in [3.05, 3.63) is 35.4 Å². The molecule has 1 aromatic carbocycles. The van der Waals surface area contributed by atoms with Crippen molar-refractivity contribution in [3.63, 3.8) is 0 Å². The zero-order valence-electron chi connectivity index (χ0n) is 16.0. The van der Waals surface area contributed by atoms with Gasteiger partial charge in [-0.15, -0.1) is 0 Å². The molecule has 4 rings (SSSR count). The first-order chi connectivity index (χ1) is 13.2. The number of amides is 2. The third-order valence-electron chi connectivity index (χ3n) is 6.11. The Balaban J connectivity index is 1.22. The van der Waals surface area contributed by atoms with Crippen molar-refractivity contribution in [2.75, 3.05) is 26.2 Å². The van der Waals surface area contributed by atoms with Crippen molar-refractivity contribution < 1.29 is 14.3 Å². The van der Waals surface area contributed by atoms with E-state index in [-0.39, 0.29) is 12.0 Å². The summed E-state index contributed by atoms with van der Waals surface area (Å²) in [6, 6.07) is 7.99. The molecule has 1 N–H and O–H groups in total. The van der Waals surface area contributed by atoms with E-state index >= 15 is 0 Å². The third kappa shape index (κ3) is 4.89. The highest BCUT2D eigenvalue weighted by Gasteiger charge is 2.34. The Hall–Kier alpha value is -1.88. The Morgan fingerprint density at radius 2 is 1.78 bits per heavy atom. The van der Waals surface area contributed by atoms with E-state index in [1.807, 2.05) is 12.1 Å². The highest BCUT2D eigenvalue weighted by atomic mass is 16.5. The van der Waals surface area contributed by atoms with Gasteiger partial charge in [-0.2, -0.15) is 0 Å². The molecule has 2 heterocycles. The molecule has 3 aliphatic rings. The van der Waals surface area contributed by atoms with Crippen LogP contribution in [0.1, 0.15) is 54.4 Å². The molecule has 1 unspecified atom stereocenters. The van der Waals surface area contributed by atoms with Crippen molar-refractivity contribution in [2.45, 2.75) is 51.0 Å². The van der Waals surface area contributed by atoms with Crippen LogP contribution in [0, 0.1) is 11.8 Å². The zero-order valence-corrected chi connectivity index (χ0v) is 16.0. The van der Waals surface area contributed by atoms with Gasteiger partial charge in [0.1, 0.15) is 0 Å². The number of likely N-dealkylation sites (tertiary alicyclic amines) is 1. The topological polar surface area (TPSA) is 58.6 Å². The fourth-order valence-corrected chi connectivity index (χ4v) is 4.19. The summed E-state index contributed by atoms with van der Waals surface area (Å²) >= 11 is 0. The average Bonchev–Trinajstić information content (AvgIpc) is 3.42. The van der Waals surface area contributed by atoms with Gasteiger partial charge >= 0.3 is 0 Å². The van der Waals surface area contributed by atoms with E-state index < -0.39 is 0 Å². The summed E-state index contributed by atoms with van der Waals surface area (Å²) < 4.78 is 5.54. The first-order valence-electron chi connectivity index (χ1n) is 10.5. The molecular formula is C22H30N2O3. The molecule has 1 saturated carbocycles. The van der Waals surface area contributed by atoms with Gasteiger partial charge in [-0.25, -0.2) is 0 Å². The summed E-state index contributed by atoms with van der Waals surface area (Å²) in [4.78, 5) is 26.5. The Labute approximate surface area is 161 Å². The van der Waals surface area contributed by atoms with Crippen molar-refractivity contribution in [3.8, 4) is 0 Å². The number of hydrogen-bond acceptors (Lipinski definition) is 3. The van der Waals surface area contributed by atoms with E-state index in [2.05, 4.69) is 22.3 Å². The lowest BCUT2D eigenvalue weighted by molar-refractivity contribution is -0.133. The molecule has 27 heavy (non-hydrogen) atoms. The lowest BCUT2D eigenvalue weighted by atomic mass is 9.89. The highest BCUT2D eigenvalue weighted by molar-refractivity contribution is 5.94. The van der Waals surface area contributed by atoms with Crippen LogP contribution in [0.25, 0.3) is 0 Å². The second kappa shape index (κ2) is 8.42. The molecular weight excluding hydrogens is 340 g/mol. The van der Waals surface area contributed by atoms with E-state index in [4.69, 9.17) is 4.74 Å². The Bertz CT molecular complexity index is 655. The van der Waals surface area contributed by atoms with Crippen LogP contribution in [0.4, 0.5) is 0 Å². The van der Waals surface area contributed by atoms with Gasteiger partial charge in [-0.1, -0.05) is 12.1 Å². The summed E-state index contributed by atoms with van der Waals surface area (Å²) in [7, 11) is 0. The normalized spacial score (nSPS) is 23.4. The van der Waals surface area contributed by atoms with Crippen LogP contribution in [-0.2, 0) is 16.0 Å². The van der Waals surface area contributed by atoms with Crippen molar-refractivity contribution in [1.82, 2.24) is 10.2 Å². The number of nitrogens with zero attached hydrogens (tertiary/aromatic N) is 1. The van der Waals surface area contributed by atoms with Crippen LogP contribution < -0.4 is 5.32 Å². The minimum atomic E-state index is -0.0241. The smallest absolute Gasteiger partial charge is 0.251 e. The molecule has 2 aliphatic heterocycles. The first-order valence-corrected chi connectivity index (χ1v) is 10.5. The quantitative estimate of drug-likeness (QED) is 0.838. The van der Waals surface area contributed by atoms with Crippen LogP contribution >= 0.6 is 0 Å². The zero-order chi connectivity index (χ0) is 18.6. The largest absolute Gasteiger partial charge is 0.376 e. The van der Waals surface area contributed by atoms with Crippen LogP contribution in [0.15, 0.2) is 24.3 Å². The predicted molar refractivity (Wildman–Crippen MR) is 103 cm³/mol. The Kier molecular flexibility index (Phi) is 5.77. The molecule has 5 heteroatoms. The monoisotopic (exact) mass is 370 g/mol.